The fourth-order valence-electron chi connectivity index (χ4n) is 6.43. The van der Waals surface area contributed by atoms with Crippen molar-refractivity contribution in [1.29, 1.82) is 0 Å². The molecule has 1 amide bonds. The van der Waals surface area contributed by atoms with Gasteiger partial charge in [-0.25, -0.2) is 14.8 Å². The highest BCUT2D eigenvalue weighted by Crippen LogP contribution is 2.38. The van der Waals surface area contributed by atoms with Crippen molar-refractivity contribution in [2.45, 2.75) is 71.8 Å². The first-order valence-electron chi connectivity index (χ1n) is 15.3. The fourth-order valence-corrected chi connectivity index (χ4v) is 7.37. The van der Waals surface area contributed by atoms with Crippen molar-refractivity contribution in [2.24, 2.45) is 11.3 Å². The van der Waals surface area contributed by atoms with Gasteiger partial charge in [0.2, 0.25) is 0 Å². The molecule has 2 atom stereocenters. The Kier molecular flexibility index (Phi) is 8.28. The van der Waals surface area contributed by atoms with Crippen molar-refractivity contribution in [2.75, 3.05) is 19.6 Å². The van der Waals surface area contributed by atoms with E-state index in [1.54, 1.807) is 12.4 Å². The van der Waals surface area contributed by atoms with Gasteiger partial charge < -0.3 is 15.2 Å². The minimum atomic E-state index is -0.360. The number of amides is 1. The molecule has 8 heteroatoms. The van der Waals surface area contributed by atoms with Crippen molar-refractivity contribution in [3.63, 3.8) is 0 Å². The van der Waals surface area contributed by atoms with Gasteiger partial charge in [0.05, 0.1) is 10.9 Å². The standard InChI is InChI=1S/C34H41N5O2S/c1-34(2,3)27-11-12-28-24(18-27)17-25-19-30(42-32(25)38-28)31(40)37-29(13-16-39-14-5-4-6-15-39)23-9-7-22(8-10-23)26-20-35-33(41)36-21-26/h7-10,17,19-21,27,29H,4-6,11-16,18H2,1-3H3,(H,37,40)(H,35,36,41)/t27-,29+/m0/s1. The van der Waals surface area contributed by atoms with Crippen LogP contribution < -0.4 is 11.0 Å². The molecule has 2 N–H and O–H groups in total. The summed E-state index contributed by atoms with van der Waals surface area (Å²) in [6.45, 7) is 10.2. The molecule has 1 aromatic carbocycles. The van der Waals surface area contributed by atoms with Crippen LogP contribution in [-0.4, -0.2) is 45.4 Å². The van der Waals surface area contributed by atoms with Gasteiger partial charge in [-0.3, -0.25) is 4.79 Å². The second kappa shape index (κ2) is 12.1. The summed E-state index contributed by atoms with van der Waals surface area (Å²) in [5, 5.41) is 4.44. The van der Waals surface area contributed by atoms with Crippen molar-refractivity contribution in [1.82, 2.24) is 25.2 Å². The van der Waals surface area contributed by atoms with E-state index < -0.39 is 0 Å². The summed E-state index contributed by atoms with van der Waals surface area (Å²) in [5.41, 5.74) is 5.36. The van der Waals surface area contributed by atoms with E-state index in [2.05, 4.69) is 59.2 Å². The van der Waals surface area contributed by atoms with Crippen molar-refractivity contribution in [3.8, 4) is 11.1 Å². The molecule has 0 unspecified atom stereocenters. The van der Waals surface area contributed by atoms with Crippen LogP contribution in [0.5, 0.6) is 0 Å². The van der Waals surface area contributed by atoms with Crippen LogP contribution in [0.4, 0.5) is 0 Å². The van der Waals surface area contributed by atoms with Crippen LogP contribution in [0.15, 0.2) is 53.6 Å². The van der Waals surface area contributed by atoms with Crippen LogP contribution in [0, 0.1) is 11.3 Å². The fraction of sp³-hybridized carbons (Fsp3) is 0.471. The zero-order valence-electron chi connectivity index (χ0n) is 24.9. The average Bonchev–Trinajstić information content (AvgIpc) is 3.41. The molecule has 4 heterocycles. The van der Waals surface area contributed by atoms with Gasteiger partial charge in [0.1, 0.15) is 4.83 Å². The predicted molar refractivity (Wildman–Crippen MR) is 170 cm³/mol. The molecule has 1 aliphatic carbocycles. The van der Waals surface area contributed by atoms with E-state index in [1.165, 1.54) is 48.3 Å². The smallest absolute Gasteiger partial charge is 0.344 e. The normalized spacial score (nSPS) is 18.5. The Balaban J connectivity index is 1.22. The molecule has 0 spiro atoms. The number of aromatic amines is 1. The second-order valence-corrected chi connectivity index (χ2v) is 14.1. The molecule has 6 rings (SSSR count). The van der Waals surface area contributed by atoms with Gasteiger partial charge in [0.15, 0.2) is 0 Å². The average molecular weight is 584 g/mol. The number of carbonyl (C=O) groups is 1. The number of piperidine rings is 1. The minimum absolute atomic E-state index is 0.0407. The number of hydrogen-bond donors (Lipinski definition) is 2. The third-order valence-corrected chi connectivity index (χ3v) is 10.2. The zero-order valence-corrected chi connectivity index (χ0v) is 25.7. The molecular formula is C34H41N5O2S. The summed E-state index contributed by atoms with van der Waals surface area (Å²) in [6, 6.07) is 12.4. The van der Waals surface area contributed by atoms with E-state index in [0.29, 0.717) is 10.8 Å². The molecule has 7 nitrogen and oxygen atoms in total. The summed E-state index contributed by atoms with van der Waals surface area (Å²) in [5.74, 6) is 0.610. The molecule has 0 bridgehead atoms. The number of nitrogens with one attached hydrogen (secondary N) is 2. The quantitative estimate of drug-likeness (QED) is 0.258. The van der Waals surface area contributed by atoms with Crippen LogP contribution >= 0.6 is 11.3 Å². The lowest BCUT2D eigenvalue weighted by Gasteiger charge is -2.34. The highest BCUT2D eigenvalue weighted by molar-refractivity contribution is 7.20. The summed E-state index contributed by atoms with van der Waals surface area (Å²) < 4.78 is 0. The van der Waals surface area contributed by atoms with Gasteiger partial charge >= 0.3 is 5.69 Å². The van der Waals surface area contributed by atoms with Crippen LogP contribution in [0.1, 0.15) is 85.4 Å². The van der Waals surface area contributed by atoms with Crippen molar-refractivity contribution >= 4 is 27.5 Å². The number of likely N-dealkylation sites (tertiary alicyclic amines) is 1. The molecular weight excluding hydrogens is 542 g/mol. The minimum Gasteiger partial charge on any atom is -0.344 e. The first-order chi connectivity index (χ1) is 20.2. The molecule has 0 saturated carbocycles. The maximum absolute atomic E-state index is 13.7. The molecule has 2 aliphatic rings. The maximum atomic E-state index is 13.7. The monoisotopic (exact) mass is 583 g/mol. The number of carbonyl (C=O) groups excluding carboxylic acids is 1. The first-order valence-corrected chi connectivity index (χ1v) is 16.2. The third kappa shape index (κ3) is 6.50. The highest BCUT2D eigenvalue weighted by Gasteiger charge is 2.30. The first kappa shape index (κ1) is 28.7. The van der Waals surface area contributed by atoms with Gasteiger partial charge in [-0.1, -0.05) is 51.5 Å². The molecule has 3 aromatic heterocycles. The van der Waals surface area contributed by atoms with E-state index in [9.17, 15) is 9.59 Å². The van der Waals surface area contributed by atoms with E-state index >= 15 is 0 Å². The van der Waals surface area contributed by atoms with Gasteiger partial charge in [-0.15, -0.1) is 11.3 Å². The van der Waals surface area contributed by atoms with Crippen LogP contribution in [0.2, 0.25) is 0 Å². The Morgan fingerprint density at radius 2 is 1.90 bits per heavy atom. The Hall–Kier alpha value is -3.36. The lowest BCUT2D eigenvalue weighted by Crippen LogP contribution is -2.35. The van der Waals surface area contributed by atoms with Crippen LogP contribution in [0.25, 0.3) is 21.3 Å². The summed E-state index contributed by atoms with van der Waals surface area (Å²) in [4.78, 5) is 40.8. The Morgan fingerprint density at radius 3 is 2.62 bits per heavy atom. The van der Waals surface area contributed by atoms with Crippen LogP contribution in [0.3, 0.4) is 0 Å². The molecule has 1 fully saturated rings. The lowest BCUT2D eigenvalue weighted by molar-refractivity contribution is 0.0934. The second-order valence-electron chi connectivity index (χ2n) is 13.1. The number of benzene rings is 1. The predicted octanol–water partition coefficient (Wildman–Crippen LogP) is 6.54. The highest BCUT2D eigenvalue weighted by atomic mass is 32.1. The van der Waals surface area contributed by atoms with Crippen molar-refractivity contribution in [3.05, 3.63) is 81.0 Å². The molecule has 0 radical (unpaired) electrons. The summed E-state index contributed by atoms with van der Waals surface area (Å²) in [7, 11) is 0. The molecule has 1 saturated heterocycles. The Labute approximate surface area is 251 Å². The third-order valence-electron chi connectivity index (χ3n) is 9.13. The van der Waals surface area contributed by atoms with E-state index in [1.807, 2.05) is 18.2 Å². The van der Waals surface area contributed by atoms with Gasteiger partial charge in [0, 0.05) is 35.6 Å². The number of rotatable bonds is 7. The SMILES string of the molecule is CC(C)(C)[C@H]1CCc2nc3sc(C(=O)N[C@H](CCN4CCCCC4)c4ccc(-c5cnc(=O)[nH]c5)cc4)cc3cc2C1. The maximum Gasteiger partial charge on any atom is 0.344 e. The lowest BCUT2D eigenvalue weighted by atomic mass is 9.71. The molecule has 4 aromatic rings. The summed E-state index contributed by atoms with van der Waals surface area (Å²) >= 11 is 1.50. The van der Waals surface area contributed by atoms with Gasteiger partial charge in [-0.2, -0.15) is 0 Å². The zero-order chi connectivity index (χ0) is 29.3. The number of H-pyrrole nitrogens is 1. The number of nitrogens with zero attached hydrogens (tertiary/aromatic N) is 3. The number of fused-ring (bicyclic) bond motifs is 2. The number of thiophene rings is 1. The topological polar surface area (TPSA) is 91.0 Å². The summed E-state index contributed by atoms with van der Waals surface area (Å²) in [6.07, 6.45) is 11.1. The molecule has 1 aliphatic heterocycles. The number of aryl methyl sites for hydroxylation is 1. The Bertz CT molecular complexity index is 1590. The molecule has 42 heavy (non-hydrogen) atoms. The molecule has 220 valence electrons. The van der Waals surface area contributed by atoms with Crippen LogP contribution in [-0.2, 0) is 12.8 Å². The van der Waals surface area contributed by atoms with Crippen molar-refractivity contribution < 1.29 is 4.79 Å². The van der Waals surface area contributed by atoms with E-state index in [0.717, 1.165) is 65.8 Å². The number of pyridine rings is 1. The Morgan fingerprint density at radius 1 is 1.12 bits per heavy atom. The van der Waals surface area contributed by atoms with Gasteiger partial charge in [0.25, 0.3) is 5.91 Å². The largest absolute Gasteiger partial charge is 0.344 e. The number of aromatic nitrogens is 3. The number of hydrogen-bond acceptors (Lipinski definition) is 6. The van der Waals surface area contributed by atoms with E-state index in [4.69, 9.17) is 4.98 Å². The van der Waals surface area contributed by atoms with Gasteiger partial charge in [-0.05, 0) is 91.8 Å². The van der Waals surface area contributed by atoms with E-state index in [-0.39, 0.29) is 23.1 Å².